The van der Waals surface area contributed by atoms with Gasteiger partial charge in [-0.15, -0.1) is 0 Å². The molecule has 0 spiro atoms. The lowest BCUT2D eigenvalue weighted by Crippen LogP contribution is -2.19. The van der Waals surface area contributed by atoms with E-state index >= 15 is 0 Å². The molecule has 2 amide bonds. The summed E-state index contributed by atoms with van der Waals surface area (Å²) in [6.45, 7) is 0.631. The number of nitrogens with one attached hydrogen (secondary N) is 2. The number of carbonyl (C=O) groups is 1. The molecule has 0 bridgehead atoms. The molecule has 0 radical (unpaired) electrons. The number of anilines is 2. The van der Waals surface area contributed by atoms with Crippen molar-refractivity contribution < 1.29 is 19.0 Å². The molecule has 0 aromatic heterocycles. The van der Waals surface area contributed by atoms with E-state index in [1.165, 1.54) is 0 Å². The molecule has 7 heteroatoms. The molecule has 2 N–H and O–H groups in total. The van der Waals surface area contributed by atoms with Gasteiger partial charge in [-0.25, -0.2) is 4.79 Å². The average Bonchev–Trinajstić information content (AvgIpc) is 3.16. The molecule has 142 valence electrons. The van der Waals surface area contributed by atoms with Crippen LogP contribution in [0.2, 0.25) is 5.02 Å². The minimum Gasteiger partial charge on any atom is -0.489 e. The molecule has 1 aliphatic rings. The maximum absolute atomic E-state index is 12.2. The van der Waals surface area contributed by atoms with Crippen LogP contribution >= 0.6 is 11.6 Å². The number of carbonyl (C=O) groups excluding carboxylic acids is 1. The van der Waals surface area contributed by atoms with E-state index in [9.17, 15) is 4.79 Å². The van der Waals surface area contributed by atoms with E-state index in [-0.39, 0.29) is 12.8 Å². The fourth-order valence-corrected chi connectivity index (χ4v) is 2.78. The molecule has 3 aromatic carbocycles. The molecule has 0 unspecified atom stereocenters. The highest BCUT2D eigenvalue weighted by atomic mass is 35.5. The molecule has 1 heterocycles. The van der Waals surface area contributed by atoms with Gasteiger partial charge in [0.25, 0.3) is 0 Å². The van der Waals surface area contributed by atoms with E-state index in [2.05, 4.69) is 10.6 Å². The summed E-state index contributed by atoms with van der Waals surface area (Å²) in [7, 11) is 0. The van der Waals surface area contributed by atoms with Gasteiger partial charge < -0.3 is 24.8 Å². The Bertz CT molecular complexity index is 975. The zero-order chi connectivity index (χ0) is 19.3. The standard InChI is InChI=1S/C21H17ClN2O4/c22-15-3-1-14(2-4-15)12-26-18-8-5-16(6-9-18)23-21(25)24-17-7-10-19-20(11-17)28-13-27-19/h1-11H,12-13H2,(H2,23,24,25). The number of ether oxygens (including phenoxy) is 3. The van der Waals surface area contributed by atoms with Crippen LogP contribution < -0.4 is 24.8 Å². The van der Waals surface area contributed by atoms with Crippen LogP contribution in [0.4, 0.5) is 16.2 Å². The maximum Gasteiger partial charge on any atom is 0.323 e. The molecule has 4 rings (SSSR count). The van der Waals surface area contributed by atoms with Crippen molar-refractivity contribution in [3.63, 3.8) is 0 Å². The van der Waals surface area contributed by atoms with Crippen LogP contribution in [-0.2, 0) is 6.61 Å². The van der Waals surface area contributed by atoms with Crippen molar-refractivity contribution in [2.45, 2.75) is 6.61 Å². The van der Waals surface area contributed by atoms with Gasteiger partial charge in [-0.1, -0.05) is 23.7 Å². The number of halogens is 1. The van der Waals surface area contributed by atoms with Crippen LogP contribution in [0.1, 0.15) is 5.56 Å². The lowest BCUT2D eigenvalue weighted by molar-refractivity contribution is 0.174. The van der Waals surface area contributed by atoms with E-state index in [1.54, 1.807) is 42.5 Å². The van der Waals surface area contributed by atoms with E-state index < -0.39 is 0 Å². The van der Waals surface area contributed by atoms with Crippen molar-refractivity contribution in [1.82, 2.24) is 0 Å². The van der Waals surface area contributed by atoms with E-state index in [0.29, 0.717) is 40.3 Å². The van der Waals surface area contributed by atoms with Gasteiger partial charge in [-0.2, -0.15) is 0 Å². The fraction of sp³-hybridized carbons (Fsp3) is 0.0952. The highest BCUT2D eigenvalue weighted by Crippen LogP contribution is 2.34. The third-order valence-corrected chi connectivity index (χ3v) is 4.31. The van der Waals surface area contributed by atoms with Crippen molar-refractivity contribution in [3.8, 4) is 17.2 Å². The molecular weight excluding hydrogens is 380 g/mol. The molecule has 0 saturated heterocycles. The molecule has 0 aliphatic carbocycles. The number of urea groups is 1. The second kappa shape index (κ2) is 8.10. The molecule has 0 atom stereocenters. The topological polar surface area (TPSA) is 68.8 Å². The third-order valence-electron chi connectivity index (χ3n) is 4.06. The zero-order valence-corrected chi connectivity index (χ0v) is 15.5. The molecule has 0 fully saturated rings. The van der Waals surface area contributed by atoms with Crippen LogP contribution in [0.15, 0.2) is 66.7 Å². The Morgan fingerprint density at radius 2 is 1.57 bits per heavy atom. The van der Waals surface area contributed by atoms with Gasteiger partial charge in [0.05, 0.1) is 0 Å². The van der Waals surface area contributed by atoms with Gasteiger partial charge >= 0.3 is 6.03 Å². The first-order chi connectivity index (χ1) is 13.7. The number of hydrogen-bond donors (Lipinski definition) is 2. The monoisotopic (exact) mass is 396 g/mol. The first-order valence-electron chi connectivity index (χ1n) is 8.61. The molecule has 6 nitrogen and oxygen atoms in total. The molecule has 3 aromatic rings. The Morgan fingerprint density at radius 3 is 2.36 bits per heavy atom. The van der Waals surface area contributed by atoms with Crippen LogP contribution in [0.3, 0.4) is 0 Å². The summed E-state index contributed by atoms with van der Waals surface area (Å²) < 4.78 is 16.3. The van der Waals surface area contributed by atoms with Crippen molar-refractivity contribution in [1.29, 1.82) is 0 Å². The summed E-state index contributed by atoms with van der Waals surface area (Å²) in [4.78, 5) is 12.2. The van der Waals surface area contributed by atoms with Crippen LogP contribution in [0.25, 0.3) is 0 Å². The summed E-state index contributed by atoms with van der Waals surface area (Å²) in [5.41, 5.74) is 2.29. The second-order valence-corrected chi connectivity index (χ2v) is 6.52. The van der Waals surface area contributed by atoms with Gasteiger partial charge in [-0.05, 0) is 54.1 Å². The van der Waals surface area contributed by atoms with Crippen LogP contribution in [-0.4, -0.2) is 12.8 Å². The first-order valence-corrected chi connectivity index (χ1v) is 8.98. The number of amides is 2. The quantitative estimate of drug-likeness (QED) is 0.614. The van der Waals surface area contributed by atoms with Crippen LogP contribution in [0, 0.1) is 0 Å². The number of fused-ring (bicyclic) bond motifs is 1. The maximum atomic E-state index is 12.2. The highest BCUT2D eigenvalue weighted by Gasteiger charge is 2.14. The third kappa shape index (κ3) is 4.47. The van der Waals surface area contributed by atoms with Gasteiger partial charge in [0.15, 0.2) is 11.5 Å². The smallest absolute Gasteiger partial charge is 0.323 e. The van der Waals surface area contributed by atoms with Crippen molar-refractivity contribution >= 4 is 29.0 Å². The summed E-state index contributed by atoms with van der Waals surface area (Å²) in [5.74, 6) is 1.98. The fourth-order valence-electron chi connectivity index (χ4n) is 2.65. The number of hydrogen-bond acceptors (Lipinski definition) is 4. The SMILES string of the molecule is O=C(Nc1ccc(OCc2ccc(Cl)cc2)cc1)Nc1ccc2c(c1)OCO2. The van der Waals surface area contributed by atoms with Gasteiger partial charge in [0.2, 0.25) is 6.79 Å². The Morgan fingerprint density at radius 1 is 0.893 bits per heavy atom. The summed E-state index contributed by atoms with van der Waals surface area (Å²) in [6.07, 6.45) is 0. The van der Waals surface area contributed by atoms with E-state index in [4.69, 9.17) is 25.8 Å². The van der Waals surface area contributed by atoms with Gasteiger partial charge in [0, 0.05) is 22.5 Å². The lowest BCUT2D eigenvalue weighted by Gasteiger charge is -2.10. The van der Waals surface area contributed by atoms with Gasteiger partial charge in [0.1, 0.15) is 12.4 Å². The Kier molecular flexibility index (Phi) is 5.21. The normalized spacial score (nSPS) is 11.8. The van der Waals surface area contributed by atoms with Crippen molar-refractivity contribution in [2.24, 2.45) is 0 Å². The van der Waals surface area contributed by atoms with E-state index in [0.717, 1.165) is 5.56 Å². The average molecular weight is 397 g/mol. The van der Waals surface area contributed by atoms with Crippen LogP contribution in [0.5, 0.6) is 17.2 Å². The Hall–Kier alpha value is -3.38. The van der Waals surface area contributed by atoms with E-state index in [1.807, 2.05) is 24.3 Å². The molecule has 0 saturated carbocycles. The van der Waals surface area contributed by atoms with Crippen molar-refractivity contribution in [3.05, 3.63) is 77.3 Å². The highest BCUT2D eigenvalue weighted by molar-refractivity contribution is 6.30. The largest absolute Gasteiger partial charge is 0.489 e. The lowest BCUT2D eigenvalue weighted by atomic mass is 10.2. The summed E-state index contributed by atoms with van der Waals surface area (Å²) in [5, 5.41) is 6.22. The molecule has 1 aliphatic heterocycles. The Balaban J connectivity index is 1.30. The molecule has 28 heavy (non-hydrogen) atoms. The zero-order valence-electron chi connectivity index (χ0n) is 14.8. The number of rotatable bonds is 5. The first kappa shape index (κ1) is 18.0. The second-order valence-electron chi connectivity index (χ2n) is 6.09. The van der Waals surface area contributed by atoms with Crippen molar-refractivity contribution in [2.75, 3.05) is 17.4 Å². The minimum atomic E-state index is -0.353. The number of benzene rings is 3. The van der Waals surface area contributed by atoms with Gasteiger partial charge in [-0.3, -0.25) is 0 Å². The Labute approximate surface area is 167 Å². The predicted octanol–water partition coefficient (Wildman–Crippen LogP) is 5.29. The molecular formula is C21H17ClN2O4. The summed E-state index contributed by atoms with van der Waals surface area (Å²) >= 11 is 5.87. The summed E-state index contributed by atoms with van der Waals surface area (Å²) in [6, 6.07) is 19.5. The predicted molar refractivity (Wildman–Crippen MR) is 107 cm³/mol. The minimum absolute atomic E-state index is 0.192.